The summed E-state index contributed by atoms with van der Waals surface area (Å²) in [6, 6.07) is 0. The summed E-state index contributed by atoms with van der Waals surface area (Å²) in [5, 5.41) is 8.62. The van der Waals surface area contributed by atoms with Gasteiger partial charge in [0.05, 0.1) is 12.5 Å². The first-order valence-corrected chi connectivity index (χ1v) is 4.27. The number of aliphatic carboxylic acids is 1. The average Bonchev–Trinajstić information content (AvgIpc) is 2.01. The molecular formula is C8H13F2NO2. The summed E-state index contributed by atoms with van der Waals surface area (Å²) in [6.07, 6.45) is -0.529. The van der Waals surface area contributed by atoms with Crippen molar-refractivity contribution in [2.45, 2.75) is 19.3 Å². The Kier molecular flexibility index (Phi) is 2.85. The highest BCUT2D eigenvalue weighted by molar-refractivity contribution is 5.70. The first kappa shape index (κ1) is 10.4. The van der Waals surface area contributed by atoms with E-state index in [-0.39, 0.29) is 13.1 Å². The summed E-state index contributed by atoms with van der Waals surface area (Å²) in [6.45, 7) is 2.15. The second kappa shape index (κ2) is 3.57. The van der Waals surface area contributed by atoms with Crippen molar-refractivity contribution < 1.29 is 18.7 Å². The average molecular weight is 193 g/mol. The highest BCUT2D eigenvalue weighted by Crippen LogP contribution is 2.30. The zero-order valence-corrected chi connectivity index (χ0v) is 7.46. The van der Waals surface area contributed by atoms with Gasteiger partial charge in [-0.25, -0.2) is 8.78 Å². The molecule has 1 saturated heterocycles. The molecule has 0 saturated carbocycles. The van der Waals surface area contributed by atoms with E-state index in [1.807, 2.05) is 0 Å². The third kappa shape index (κ3) is 2.62. The van der Waals surface area contributed by atoms with Crippen LogP contribution in [0.1, 0.15) is 13.3 Å². The van der Waals surface area contributed by atoms with Crippen molar-refractivity contribution in [1.82, 2.24) is 4.90 Å². The van der Waals surface area contributed by atoms with E-state index in [2.05, 4.69) is 0 Å². The molecule has 1 aliphatic rings. The van der Waals surface area contributed by atoms with Crippen molar-refractivity contribution in [2.24, 2.45) is 5.92 Å². The van der Waals surface area contributed by atoms with Crippen molar-refractivity contribution in [1.29, 1.82) is 0 Å². The minimum Gasteiger partial charge on any atom is -0.481 e. The molecule has 13 heavy (non-hydrogen) atoms. The Labute approximate surface area is 75.3 Å². The highest BCUT2D eigenvalue weighted by atomic mass is 19.3. The minimum absolute atomic E-state index is 0.238. The maximum Gasteiger partial charge on any atom is 0.308 e. The maximum absolute atomic E-state index is 12.9. The van der Waals surface area contributed by atoms with Crippen LogP contribution in [0, 0.1) is 5.92 Å². The van der Waals surface area contributed by atoms with E-state index in [0.717, 1.165) is 0 Å². The first-order valence-electron chi connectivity index (χ1n) is 4.27. The largest absolute Gasteiger partial charge is 0.481 e. The number of hydrogen-bond acceptors (Lipinski definition) is 2. The molecule has 1 fully saturated rings. The van der Waals surface area contributed by atoms with Crippen LogP contribution in [0.3, 0.4) is 0 Å². The quantitative estimate of drug-likeness (QED) is 0.712. The van der Waals surface area contributed by atoms with Gasteiger partial charge in [-0.2, -0.15) is 0 Å². The van der Waals surface area contributed by atoms with Gasteiger partial charge in [0.15, 0.2) is 0 Å². The summed E-state index contributed by atoms with van der Waals surface area (Å²) >= 11 is 0. The van der Waals surface area contributed by atoms with Gasteiger partial charge in [-0.05, 0) is 6.54 Å². The number of rotatable bonds is 2. The van der Waals surface area contributed by atoms with Crippen LogP contribution in [-0.4, -0.2) is 41.5 Å². The third-order valence-electron chi connectivity index (χ3n) is 2.28. The van der Waals surface area contributed by atoms with Crippen LogP contribution in [-0.2, 0) is 4.79 Å². The molecule has 0 aromatic carbocycles. The molecule has 1 unspecified atom stereocenters. The van der Waals surface area contributed by atoms with E-state index < -0.39 is 24.2 Å². The van der Waals surface area contributed by atoms with Crippen LogP contribution >= 0.6 is 0 Å². The minimum atomic E-state index is -2.85. The molecule has 0 aromatic heterocycles. The zero-order chi connectivity index (χ0) is 10.1. The van der Waals surface area contributed by atoms with Crippen molar-refractivity contribution in [3.63, 3.8) is 0 Å². The number of carboxylic acids is 1. The van der Waals surface area contributed by atoms with Gasteiger partial charge >= 0.3 is 5.97 Å². The number of halogens is 2. The van der Waals surface area contributed by atoms with Crippen LogP contribution in [0.5, 0.6) is 0 Å². The fraction of sp³-hybridized carbons (Fsp3) is 0.875. The van der Waals surface area contributed by atoms with Gasteiger partial charge in [0.1, 0.15) is 0 Å². The van der Waals surface area contributed by atoms with Gasteiger partial charge in [-0.3, -0.25) is 9.69 Å². The zero-order valence-electron chi connectivity index (χ0n) is 7.46. The van der Waals surface area contributed by atoms with E-state index in [4.69, 9.17) is 5.11 Å². The summed E-state index contributed by atoms with van der Waals surface area (Å²) in [5.74, 6) is -4.90. The molecule has 0 spiro atoms. The van der Waals surface area contributed by atoms with Gasteiger partial charge in [0.2, 0.25) is 0 Å². The molecule has 76 valence electrons. The second-order valence-corrected chi connectivity index (χ2v) is 3.42. The number of likely N-dealkylation sites (tertiary alicyclic amines) is 1. The molecule has 1 rings (SSSR count). The first-order chi connectivity index (χ1) is 5.94. The van der Waals surface area contributed by atoms with Gasteiger partial charge < -0.3 is 5.11 Å². The maximum atomic E-state index is 12.9. The lowest BCUT2D eigenvalue weighted by molar-refractivity contribution is -0.152. The highest BCUT2D eigenvalue weighted by Gasteiger charge is 2.42. The van der Waals surface area contributed by atoms with Crippen LogP contribution in [0.2, 0.25) is 0 Å². The fourth-order valence-electron chi connectivity index (χ4n) is 1.60. The molecule has 0 amide bonds. The molecular weight excluding hydrogens is 180 g/mol. The smallest absolute Gasteiger partial charge is 0.308 e. The van der Waals surface area contributed by atoms with Crippen molar-refractivity contribution >= 4 is 5.97 Å². The Balaban J connectivity index is 2.65. The third-order valence-corrected chi connectivity index (χ3v) is 2.28. The Hall–Kier alpha value is -0.710. The predicted octanol–water partition coefficient (Wildman–Crippen LogP) is 1.05. The van der Waals surface area contributed by atoms with Gasteiger partial charge in [-0.1, -0.05) is 6.92 Å². The number of alkyl halides is 2. The van der Waals surface area contributed by atoms with E-state index in [1.54, 1.807) is 6.92 Å². The summed E-state index contributed by atoms with van der Waals surface area (Å²) in [4.78, 5) is 12.0. The lowest BCUT2D eigenvalue weighted by atomic mass is 9.95. The summed E-state index contributed by atoms with van der Waals surface area (Å²) in [7, 11) is 0. The molecule has 0 aliphatic carbocycles. The molecule has 0 bridgehead atoms. The SMILES string of the molecule is CCN1CC(C(=O)O)CC(F)(F)C1. The van der Waals surface area contributed by atoms with E-state index in [9.17, 15) is 13.6 Å². The molecule has 3 nitrogen and oxygen atoms in total. The number of carboxylic acid groups (broad SMARTS) is 1. The van der Waals surface area contributed by atoms with Crippen LogP contribution in [0.25, 0.3) is 0 Å². The number of nitrogens with zero attached hydrogens (tertiary/aromatic N) is 1. The van der Waals surface area contributed by atoms with Gasteiger partial charge in [0, 0.05) is 13.0 Å². The molecule has 0 aromatic rings. The Morgan fingerprint density at radius 1 is 1.69 bits per heavy atom. The number of carbonyl (C=O) groups is 1. The van der Waals surface area contributed by atoms with E-state index >= 15 is 0 Å². The number of piperidine rings is 1. The fourth-order valence-corrected chi connectivity index (χ4v) is 1.60. The molecule has 5 heteroatoms. The van der Waals surface area contributed by atoms with Gasteiger partial charge in [0.25, 0.3) is 5.92 Å². The van der Waals surface area contributed by atoms with E-state index in [0.29, 0.717) is 6.54 Å². The Morgan fingerprint density at radius 2 is 2.31 bits per heavy atom. The molecule has 1 atom stereocenters. The molecule has 1 aliphatic heterocycles. The normalized spacial score (nSPS) is 28.7. The molecule has 0 radical (unpaired) electrons. The molecule has 1 N–H and O–H groups in total. The van der Waals surface area contributed by atoms with Gasteiger partial charge in [-0.15, -0.1) is 0 Å². The standard InChI is InChI=1S/C8H13F2NO2/c1-2-11-4-6(7(12)13)3-8(9,10)5-11/h6H,2-5H2,1H3,(H,12,13). The van der Waals surface area contributed by atoms with Crippen LogP contribution in [0.15, 0.2) is 0 Å². The number of hydrogen-bond donors (Lipinski definition) is 1. The second-order valence-electron chi connectivity index (χ2n) is 3.42. The van der Waals surface area contributed by atoms with E-state index in [1.165, 1.54) is 4.90 Å². The van der Waals surface area contributed by atoms with Crippen molar-refractivity contribution in [3.8, 4) is 0 Å². The lowest BCUT2D eigenvalue weighted by Crippen LogP contribution is -2.48. The van der Waals surface area contributed by atoms with Crippen LogP contribution < -0.4 is 0 Å². The topological polar surface area (TPSA) is 40.5 Å². The Bertz CT molecular complexity index is 208. The van der Waals surface area contributed by atoms with Crippen molar-refractivity contribution in [3.05, 3.63) is 0 Å². The van der Waals surface area contributed by atoms with Crippen molar-refractivity contribution in [2.75, 3.05) is 19.6 Å². The van der Waals surface area contributed by atoms with Crippen LogP contribution in [0.4, 0.5) is 8.78 Å². The summed E-state index contributed by atoms with van der Waals surface area (Å²) in [5.41, 5.74) is 0. The predicted molar refractivity (Wildman–Crippen MR) is 42.8 cm³/mol. The summed E-state index contributed by atoms with van der Waals surface area (Å²) < 4.78 is 25.9. The Morgan fingerprint density at radius 3 is 2.77 bits per heavy atom. The molecule has 1 heterocycles. The monoisotopic (exact) mass is 193 g/mol. The lowest BCUT2D eigenvalue weighted by Gasteiger charge is -2.35.